The van der Waals surface area contributed by atoms with Crippen molar-refractivity contribution in [2.45, 2.75) is 76.8 Å². The molecule has 360 valence electrons. The van der Waals surface area contributed by atoms with Gasteiger partial charge in [0, 0.05) is 29.4 Å². The fraction of sp³-hybridized carbons (Fsp3) is 0.296. The lowest BCUT2D eigenvalue weighted by Crippen LogP contribution is -2.57. The number of amides is 1. The fourth-order valence-corrected chi connectivity index (χ4v) is 10.1. The second-order valence-corrected chi connectivity index (χ2v) is 18.3. The highest BCUT2D eigenvalue weighted by atomic mass is 31.2. The van der Waals surface area contributed by atoms with E-state index in [4.69, 9.17) is 32.7 Å². The van der Waals surface area contributed by atoms with Crippen LogP contribution in [0.5, 0.6) is 11.5 Å². The molecule has 5 atom stereocenters. The standard InChI is InChI=1S/C54H59N4O10P/c1-9-33-65-69(58(36(2)3)37(4)5)68-48-47(66-52(61)40-21-15-11-16-22-40)46(35-64-51(48)57-34-38(6)49(59)55-53(57)56-50(60)39-19-13-10-14-20-39)67-54(41-23-17-12-18-24-41,42-25-29-44(62-7)30-26-42)43-27-31-45(63-8)32-28-43/h9-32,34,36-37,46-48,51H,1,33,35H2,2-8H3,(H,55,56,59,60)/t46-,47-,48-,51-,69?/m1/s1. The summed E-state index contributed by atoms with van der Waals surface area (Å²) >= 11 is 0. The second-order valence-electron chi connectivity index (χ2n) is 16.9. The third-order valence-electron chi connectivity index (χ3n) is 11.6. The maximum absolute atomic E-state index is 14.7. The van der Waals surface area contributed by atoms with E-state index in [2.05, 4.69) is 21.6 Å². The number of hydrogen-bond acceptors (Lipinski definition) is 12. The van der Waals surface area contributed by atoms with Gasteiger partial charge < -0.3 is 32.7 Å². The Balaban J connectivity index is 1.47. The molecule has 5 aromatic carbocycles. The minimum absolute atomic E-state index is 0.0887. The van der Waals surface area contributed by atoms with E-state index in [0.29, 0.717) is 17.1 Å². The van der Waals surface area contributed by atoms with Crippen molar-refractivity contribution in [3.05, 3.63) is 202 Å². The summed E-state index contributed by atoms with van der Waals surface area (Å²) in [6.07, 6.45) is -1.69. The number of carbonyl (C=O) groups excluding carboxylic acids is 2. The topological polar surface area (TPSA) is 149 Å². The lowest BCUT2D eigenvalue weighted by Gasteiger charge is -2.48. The second kappa shape index (κ2) is 23.2. The summed E-state index contributed by atoms with van der Waals surface area (Å²) in [5.74, 6) is -0.0294. The van der Waals surface area contributed by atoms with Gasteiger partial charge in [0.2, 0.25) is 5.95 Å². The number of hydrogen-bond donors (Lipinski definition) is 1. The van der Waals surface area contributed by atoms with Crippen molar-refractivity contribution in [2.75, 3.05) is 32.8 Å². The van der Waals surface area contributed by atoms with Gasteiger partial charge in [-0.15, -0.1) is 6.58 Å². The molecular formula is C54H59N4O10P. The molecule has 1 unspecified atom stereocenters. The van der Waals surface area contributed by atoms with Crippen LogP contribution in [0.4, 0.5) is 5.95 Å². The van der Waals surface area contributed by atoms with Gasteiger partial charge in [-0.3, -0.25) is 19.5 Å². The molecule has 6 aromatic rings. The quantitative estimate of drug-likeness (QED) is 0.0336. The van der Waals surface area contributed by atoms with Crippen LogP contribution in [0, 0.1) is 6.92 Å². The Morgan fingerprint density at radius 1 is 0.797 bits per heavy atom. The average molecular weight is 955 g/mol. The van der Waals surface area contributed by atoms with E-state index in [0.717, 1.165) is 16.7 Å². The maximum atomic E-state index is 14.7. The van der Waals surface area contributed by atoms with E-state index in [1.807, 2.05) is 113 Å². The molecule has 7 rings (SSSR count). The zero-order chi connectivity index (χ0) is 49.1. The zero-order valence-electron chi connectivity index (χ0n) is 39.9. The summed E-state index contributed by atoms with van der Waals surface area (Å²) in [6, 6.07) is 41.9. The normalized spacial score (nSPS) is 17.6. The average Bonchev–Trinajstić information content (AvgIpc) is 3.37. The minimum Gasteiger partial charge on any atom is -0.497 e. The van der Waals surface area contributed by atoms with Crippen molar-refractivity contribution < 1.29 is 42.3 Å². The Bertz CT molecular complexity index is 2630. The number of nitrogens with zero attached hydrogens (tertiary/aromatic N) is 3. The van der Waals surface area contributed by atoms with Crippen LogP contribution in [0.3, 0.4) is 0 Å². The van der Waals surface area contributed by atoms with Gasteiger partial charge in [0.25, 0.3) is 20.0 Å². The maximum Gasteiger partial charge on any atom is 0.338 e. The Labute approximate surface area is 404 Å². The van der Waals surface area contributed by atoms with E-state index in [-0.39, 0.29) is 42.4 Å². The molecule has 1 saturated heterocycles. The van der Waals surface area contributed by atoms with Gasteiger partial charge in [0.05, 0.1) is 33.0 Å². The Morgan fingerprint density at radius 2 is 1.32 bits per heavy atom. The van der Waals surface area contributed by atoms with Crippen LogP contribution in [0.25, 0.3) is 0 Å². The number of rotatable bonds is 20. The summed E-state index contributed by atoms with van der Waals surface area (Å²) in [4.78, 5) is 46.3. The molecule has 15 heteroatoms. The van der Waals surface area contributed by atoms with Crippen LogP contribution in [0.1, 0.15) is 76.9 Å². The molecule has 1 fully saturated rings. The first-order valence-electron chi connectivity index (χ1n) is 22.7. The molecule has 1 aliphatic heterocycles. The number of anilines is 1. The van der Waals surface area contributed by atoms with Crippen molar-refractivity contribution in [1.82, 2.24) is 14.2 Å². The third-order valence-corrected chi connectivity index (χ3v) is 13.7. The smallest absolute Gasteiger partial charge is 0.338 e. The molecule has 1 aliphatic rings. The van der Waals surface area contributed by atoms with Crippen molar-refractivity contribution in [3.63, 3.8) is 0 Å². The van der Waals surface area contributed by atoms with Gasteiger partial charge in [-0.1, -0.05) is 97.1 Å². The molecule has 2 heterocycles. The van der Waals surface area contributed by atoms with E-state index in [1.54, 1.807) is 88.0 Å². The molecule has 69 heavy (non-hydrogen) atoms. The highest BCUT2D eigenvalue weighted by Gasteiger charge is 2.52. The lowest BCUT2D eigenvalue weighted by molar-refractivity contribution is -0.234. The number of carbonyl (C=O) groups is 2. The lowest BCUT2D eigenvalue weighted by atomic mass is 9.79. The number of ether oxygens (including phenoxy) is 5. The fourth-order valence-electron chi connectivity index (χ4n) is 8.34. The number of aromatic nitrogens is 2. The van der Waals surface area contributed by atoms with E-state index in [9.17, 15) is 14.4 Å². The monoisotopic (exact) mass is 954 g/mol. The van der Waals surface area contributed by atoms with Crippen molar-refractivity contribution in [2.24, 2.45) is 0 Å². The van der Waals surface area contributed by atoms with Crippen molar-refractivity contribution >= 4 is 26.4 Å². The van der Waals surface area contributed by atoms with Crippen LogP contribution in [-0.2, 0) is 28.9 Å². The highest BCUT2D eigenvalue weighted by molar-refractivity contribution is 7.44. The summed E-state index contributed by atoms with van der Waals surface area (Å²) in [5.41, 5.74) is 1.10. The molecule has 1 aromatic heterocycles. The van der Waals surface area contributed by atoms with E-state index < -0.39 is 56.1 Å². The van der Waals surface area contributed by atoms with Gasteiger partial charge in [-0.25, -0.2) is 9.46 Å². The van der Waals surface area contributed by atoms with Crippen LogP contribution in [0.2, 0.25) is 0 Å². The van der Waals surface area contributed by atoms with Crippen LogP contribution < -0.4 is 20.3 Å². The van der Waals surface area contributed by atoms with Crippen molar-refractivity contribution in [3.8, 4) is 11.5 Å². The molecule has 0 bridgehead atoms. The van der Waals surface area contributed by atoms with Gasteiger partial charge in [0.1, 0.15) is 23.2 Å². The van der Waals surface area contributed by atoms with Crippen LogP contribution >= 0.6 is 8.53 Å². The van der Waals surface area contributed by atoms with Crippen LogP contribution in [-0.4, -0.2) is 83.9 Å². The predicted molar refractivity (Wildman–Crippen MR) is 266 cm³/mol. The van der Waals surface area contributed by atoms with Gasteiger partial charge in [0.15, 0.2) is 18.4 Å². The largest absolute Gasteiger partial charge is 0.497 e. The Hall–Kier alpha value is -6.51. The Morgan fingerprint density at radius 3 is 1.84 bits per heavy atom. The number of esters is 1. The summed E-state index contributed by atoms with van der Waals surface area (Å²) in [5, 5.41) is 2.84. The molecule has 1 amide bonds. The molecule has 0 saturated carbocycles. The van der Waals surface area contributed by atoms with E-state index >= 15 is 0 Å². The molecular weight excluding hydrogens is 896 g/mol. The molecule has 14 nitrogen and oxygen atoms in total. The summed E-state index contributed by atoms with van der Waals surface area (Å²) < 4.78 is 50.1. The van der Waals surface area contributed by atoms with Gasteiger partial charge in [-0.2, -0.15) is 4.98 Å². The van der Waals surface area contributed by atoms with Gasteiger partial charge in [-0.05, 0) is 99.8 Å². The molecule has 0 aliphatic carbocycles. The first-order valence-corrected chi connectivity index (χ1v) is 23.9. The first-order chi connectivity index (χ1) is 33.4. The summed E-state index contributed by atoms with van der Waals surface area (Å²) in [7, 11) is 1.21. The molecule has 1 N–H and O–H groups in total. The Kier molecular flexibility index (Phi) is 16.9. The molecule has 0 radical (unpaired) electrons. The highest BCUT2D eigenvalue weighted by Crippen LogP contribution is 2.52. The van der Waals surface area contributed by atoms with Crippen LogP contribution in [0.15, 0.2) is 163 Å². The summed E-state index contributed by atoms with van der Waals surface area (Å²) in [6.45, 7) is 13.6. The number of aryl methyl sites for hydroxylation is 1. The third kappa shape index (κ3) is 11.5. The molecule has 0 spiro atoms. The van der Waals surface area contributed by atoms with Gasteiger partial charge >= 0.3 is 5.97 Å². The number of methoxy groups -OCH3 is 2. The SMILES string of the molecule is C=CCOP(O[C@@H]1[C@H](OC(=O)c2ccccc2)[C@H](OC(c2ccccc2)(c2ccc(OC)cc2)c2ccc(OC)cc2)CO[C@H]1n1cc(C)c(=O)nc1NC(=O)c1ccccc1)N(C(C)C)C(C)C. The van der Waals surface area contributed by atoms with E-state index in [1.165, 1.54) is 4.57 Å². The van der Waals surface area contributed by atoms with Crippen molar-refractivity contribution in [1.29, 1.82) is 0 Å². The number of benzene rings is 5. The minimum atomic E-state index is -2.00. The predicted octanol–water partition coefficient (Wildman–Crippen LogP) is 9.89. The first kappa shape index (κ1) is 50.4. The zero-order valence-corrected chi connectivity index (χ0v) is 40.8. The number of nitrogens with one attached hydrogen (secondary N) is 1.